The Bertz CT molecular complexity index is 912. The predicted molar refractivity (Wildman–Crippen MR) is 110 cm³/mol. The summed E-state index contributed by atoms with van der Waals surface area (Å²) in [5.41, 5.74) is 17.5. The zero-order valence-electron chi connectivity index (χ0n) is 16.4. The first-order chi connectivity index (χ1) is 12.3. The number of aromatic nitrogens is 2. The molecule has 0 aliphatic heterocycles. The largest absolute Gasteiger partial charge is 0.396 e. The van der Waals surface area contributed by atoms with Gasteiger partial charge in [-0.2, -0.15) is 0 Å². The first-order valence-corrected chi connectivity index (χ1v) is 9.44. The van der Waals surface area contributed by atoms with Gasteiger partial charge < -0.3 is 31.2 Å². The fourth-order valence-electron chi connectivity index (χ4n) is 4.56. The van der Waals surface area contributed by atoms with E-state index in [2.05, 4.69) is 49.3 Å². The van der Waals surface area contributed by atoms with Crippen molar-refractivity contribution >= 4 is 33.2 Å². The van der Waals surface area contributed by atoms with E-state index < -0.39 is 0 Å². The molecule has 1 fully saturated rings. The van der Waals surface area contributed by atoms with Crippen LogP contribution in [0.15, 0.2) is 18.3 Å². The van der Waals surface area contributed by atoms with Crippen LogP contribution in [0.4, 0.5) is 11.4 Å². The van der Waals surface area contributed by atoms with Crippen molar-refractivity contribution in [2.75, 3.05) is 32.6 Å². The summed E-state index contributed by atoms with van der Waals surface area (Å²) in [6, 6.07) is 5.81. The fraction of sp³-hybridized carbons (Fsp3) is 0.500. The molecular weight excluding hydrogens is 324 g/mol. The van der Waals surface area contributed by atoms with Crippen molar-refractivity contribution in [3.05, 3.63) is 24.0 Å². The molecule has 6 heteroatoms. The zero-order chi connectivity index (χ0) is 18.8. The number of nitrogen functional groups attached to an aromatic ring is 2. The first kappa shape index (κ1) is 17.2. The van der Waals surface area contributed by atoms with Gasteiger partial charge in [-0.3, -0.25) is 0 Å². The third-order valence-corrected chi connectivity index (χ3v) is 6.94. The molecule has 6 nitrogen and oxygen atoms in total. The van der Waals surface area contributed by atoms with E-state index in [4.69, 9.17) is 11.5 Å². The number of hydrogen-bond acceptors (Lipinski definition) is 3. The molecular formula is C20H31N6+. The summed E-state index contributed by atoms with van der Waals surface area (Å²) < 4.78 is 1.01. The third-order valence-electron chi connectivity index (χ3n) is 6.94. The highest BCUT2D eigenvalue weighted by molar-refractivity contribution is 6.16. The highest BCUT2D eigenvalue weighted by atomic mass is 15.4. The fourth-order valence-corrected chi connectivity index (χ4v) is 4.56. The number of aromatic amines is 2. The Labute approximate surface area is 154 Å². The lowest BCUT2D eigenvalue weighted by Gasteiger charge is -2.40. The molecule has 0 amide bonds. The number of rotatable bonds is 5. The van der Waals surface area contributed by atoms with Gasteiger partial charge in [0, 0.05) is 29.1 Å². The maximum Gasteiger partial charge on any atom is 0.101 e. The van der Waals surface area contributed by atoms with Crippen LogP contribution in [0.5, 0.6) is 0 Å². The lowest BCUT2D eigenvalue weighted by Crippen LogP contribution is -2.57. The van der Waals surface area contributed by atoms with Crippen LogP contribution in [-0.2, 0) is 0 Å². The van der Waals surface area contributed by atoms with Crippen molar-refractivity contribution in [1.82, 2.24) is 15.3 Å². The zero-order valence-corrected chi connectivity index (χ0v) is 16.4. The molecule has 26 heavy (non-hydrogen) atoms. The van der Waals surface area contributed by atoms with Gasteiger partial charge >= 0.3 is 0 Å². The molecule has 2 heterocycles. The number of anilines is 2. The summed E-state index contributed by atoms with van der Waals surface area (Å²) in [6.45, 7) is 4.59. The van der Waals surface area contributed by atoms with Crippen LogP contribution in [0.3, 0.4) is 0 Å². The molecule has 1 saturated carbocycles. The second-order valence-electron chi connectivity index (χ2n) is 8.46. The summed E-state index contributed by atoms with van der Waals surface area (Å²) in [5.74, 6) is 0.529. The minimum atomic E-state index is 0.473. The monoisotopic (exact) mass is 355 g/mol. The summed E-state index contributed by atoms with van der Waals surface area (Å²) >= 11 is 0. The quantitative estimate of drug-likeness (QED) is 0.277. The van der Waals surface area contributed by atoms with Crippen LogP contribution in [0.25, 0.3) is 21.8 Å². The van der Waals surface area contributed by atoms with Crippen molar-refractivity contribution in [3.8, 4) is 0 Å². The molecule has 0 spiro atoms. The van der Waals surface area contributed by atoms with Gasteiger partial charge in [-0.1, -0.05) is 0 Å². The molecule has 1 aromatic carbocycles. The molecule has 0 bridgehead atoms. The van der Waals surface area contributed by atoms with Crippen LogP contribution in [-0.4, -0.2) is 53.7 Å². The molecule has 4 atom stereocenters. The highest BCUT2D eigenvalue weighted by Crippen LogP contribution is 2.49. The normalized spacial score (nSPS) is 22.8. The van der Waals surface area contributed by atoms with Gasteiger partial charge in [-0.15, -0.1) is 0 Å². The molecule has 4 rings (SSSR count). The summed E-state index contributed by atoms with van der Waals surface area (Å²) in [5, 5.41) is 5.42. The molecule has 1 aliphatic carbocycles. The van der Waals surface area contributed by atoms with Crippen molar-refractivity contribution in [1.29, 1.82) is 0 Å². The average molecular weight is 356 g/mol. The third kappa shape index (κ3) is 2.32. The van der Waals surface area contributed by atoms with E-state index in [0.717, 1.165) is 37.7 Å². The number of nitrogens with one attached hydrogen (secondary N) is 3. The topological polar surface area (TPSA) is 95.7 Å². The van der Waals surface area contributed by atoms with E-state index in [1.54, 1.807) is 0 Å². The Kier molecular flexibility index (Phi) is 3.75. The van der Waals surface area contributed by atoms with Crippen molar-refractivity contribution < 1.29 is 4.48 Å². The Hall–Kier alpha value is -2.18. The van der Waals surface area contributed by atoms with Gasteiger partial charge in [0.15, 0.2) is 0 Å². The number of quaternary nitrogens is 1. The first-order valence-electron chi connectivity index (χ1n) is 9.44. The van der Waals surface area contributed by atoms with Gasteiger partial charge in [0.25, 0.3) is 0 Å². The number of likely N-dealkylation sites (N-methyl/N-ethyl adjacent to an activating group) is 2. The predicted octanol–water partition coefficient (Wildman–Crippen LogP) is 2.74. The highest BCUT2D eigenvalue weighted by Gasteiger charge is 2.53. The molecule has 0 radical (unpaired) electrons. The van der Waals surface area contributed by atoms with Crippen molar-refractivity contribution in [2.45, 2.75) is 44.3 Å². The van der Waals surface area contributed by atoms with Crippen molar-refractivity contribution in [3.63, 3.8) is 0 Å². The Morgan fingerprint density at radius 2 is 1.85 bits per heavy atom. The lowest BCUT2D eigenvalue weighted by atomic mass is 10.1. The van der Waals surface area contributed by atoms with Gasteiger partial charge in [0.2, 0.25) is 0 Å². The van der Waals surface area contributed by atoms with Crippen LogP contribution in [0, 0.1) is 0 Å². The second kappa shape index (κ2) is 5.66. The summed E-state index contributed by atoms with van der Waals surface area (Å²) in [4.78, 5) is 6.80. The number of fused-ring (bicyclic) bond motifs is 2. The van der Waals surface area contributed by atoms with Gasteiger partial charge in [0.1, 0.15) is 6.04 Å². The molecule has 3 aromatic rings. The summed E-state index contributed by atoms with van der Waals surface area (Å²) in [6.07, 6.45) is 3.08. The Balaban J connectivity index is 1.69. The van der Waals surface area contributed by atoms with E-state index in [9.17, 15) is 0 Å². The molecule has 0 saturated heterocycles. The number of H-pyrrole nitrogens is 2. The number of benzene rings is 1. The maximum absolute atomic E-state index is 6.41. The van der Waals surface area contributed by atoms with E-state index in [0.29, 0.717) is 24.0 Å². The molecule has 1 aliphatic rings. The standard InChI is InChI=1S/C20H31N6/c1-10(23-3)11(2)26(4,5)16-9-13(16)15-8-14-18(22)19-12(6-7-24-19)17(21)20(14)25-15/h6-8,10-11,13,16,23-25H,9,21-22H2,1-5H3/q+1/t10?,11-,13?,16+/m1/s1. The van der Waals surface area contributed by atoms with Crippen LogP contribution in [0.1, 0.15) is 31.9 Å². The van der Waals surface area contributed by atoms with Crippen LogP contribution in [0.2, 0.25) is 0 Å². The van der Waals surface area contributed by atoms with Crippen LogP contribution < -0.4 is 16.8 Å². The smallest absolute Gasteiger partial charge is 0.101 e. The lowest BCUT2D eigenvalue weighted by molar-refractivity contribution is -0.925. The SMILES string of the molecule is CNC(C)[C@@H](C)[N+](C)(C)[C@H]1CC1c1cc2c(N)c3[nH]ccc3c(N)c2[nH]1. The number of hydrogen-bond donors (Lipinski definition) is 5. The van der Waals surface area contributed by atoms with E-state index in [-0.39, 0.29) is 0 Å². The Morgan fingerprint density at radius 1 is 1.15 bits per heavy atom. The van der Waals surface area contributed by atoms with Crippen LogP contribution >= 0.6 is 0 Å². The Morgan fingerprint density at radius 3 is 2.54 bits per heavy atom. The number of nitrogens with two attached hydrogens (primary N) is 2. The van der Waals surface area contributed by atoms with Crippen molar-refractivity contribution in [2.24, 2.45) is 0 Å². The van der Waals surface area contributed by atoms with E-state index in [1.165, 1.54) is 12.1 Å². The maximum atomic E-state index is 6.41. The molecule has 140 valence electrons. The summed E-state index contributed by atoms with van der Waals surface area (Å²) in [7, 11) is 6.73. The minimum Gasteiger partial charge on any atom is -0.396 e. The molecule has 2 unspecified atom stereocenters. The minimum absolute atomic E-state index is 0.473. The van der Waals surface area contributed by atoms with Gasteiger partial charge in [0.05, 0.1) is 54.5 Å². The average Bonchev–Trinajstić information content (AvgIpc) is 3.08. The van der Waals surface area contributed by atoms with E-state index >= 15 is 0 Å². The van der Waals surface area contributed by atoms with Gasteiger partial charge in [-0.05, 0) is 33.0 Å². The second-order valence-corrected chi connectivity index (χ2v) is 8.46. The molecule has 2 aromatic heterocycles. The van der Waals surface area contributed by atoms with E-state index in [1.807, 2.05) is 19.3 Å². The number of nitrogens with zero attached hydrogens (tertiary/aromatic N) is 1. The van der Waals surface area contributed by atoms with Gasteiger partial charge in [-0.25, -0.2) is 0 Å². The molecule has 7 N–H and O–H groups in total.